The number of aliphatic hydroxyl groups is 1. The molecular weight excluding hydrogens is 386 g/mol. The number of rotatable bonds is 9. The Balaban J connectivity index is 1.56. The fourth-order valence-corrected chi connectivity index (χ4v) is 4.30. The van der Waals surface area contributed by atoms with Crippen LogP contribution in [0, 0.1) is 11.3 Å². The zero-order valence-electron chi connectivity index (χ0n) is 17.3. The van der Waals surface area contributed by atoms with E-state index in [-0.39, 0.29) is 23.9 Å². The summed E-state index contributed by atoms with van der Waals surface area (Å²) >= 11 is 0. The van der Waals surface area contributed by atoms with Crippen molar-refractivity contribution < 1.29 is 19.5 Å². The van der Waals surface area contributed by atoms with Crippen molar-refractivity contribution in [3.8, 4) is 11.6 Å². The number of carbonyl (C=O) groups is 1. The molecule has 2 N–H and O–H groups in total. The van der Waals surface area contributed by atoms with Crippen LogP contribution in [0.15, 0.2) is 28.8 Å². The van der Waals surface area contributed by atoms with Crippen LogP contribution < -0.4 is 0 Å². The van der Waals surface area contributed by atoms with Crippen molar-refractivity contribution in [3.05, 3.63) is 30.3 Å². The molecular formula is C21H29N5O4. The molecule has 2 aliphatic rings. The summed E-state index contributed by atoms with van der Waals surface area (Å²) in [4.78, 5) is 19.6. The van der Waals surface area contributed by atoms with Crippen LogP contribution in [0.5, 0.6) is 0 Å². The molecule has 2 atom stereocenters. The number of amides is 1. The Bertz CT molecular complexity index is 854. The van der Waals surface area contributed by atoms with E-state index in [0.29, 0.717) is 30.4 Å². The average Bonchev–Trinajstić information content (AvgIpc) is 3.18. The molecule has 4 rings (SSSR count). The second-order valence-electron chi connectivity index (χ2n) is 8.52. The van der Waals surface area contributed by atoms with Crippen LogP contribution in [-0.4, -0.2) is 61.2 Å². The first-order chi connectivity index (χ1) is 14.5. The van der Waals surface area contributed by atoms with E-state index < -0.39 is 12.6 Å². The van der Waals surface area contributed by atoms with Gasteiger partial charge in [-0.25, -0.2) is 0 Å². The first-order valence-electron chi connectivity index (χ1n) is 10.7. The Morgan fingerprint density at radius 1 is 1.40 bits per heavy atom. The zero-order valence-corrected chi connectivity index (χ0v) is 17.3. The van der Waals surface area contributed by atoms with Crippen LogP contribution in [0.1, 0.15) is 57.4 Å². The van der Waals surface area contributed by atoms with E-state index in [1.165, 1.54) is 0 Å². The minimum absolute atomic E-state index is 0.0256. The van der Waals surface area contributed by atoms with Gasteiger partial charge in [0.2, 0.25) is 11.8 Å². The van der Waals surface area contributed by atoms with Gasteiger partial charge in [0, 0.05) is 19.3 Å². The highest BCUT2D eigenvalue weighted by molar-refractivity contribution is 5.80. The number of hydrogen-bond acceptors (Lipinski definition) is 8. The minimum Gasteiger partial charge on any atom is -0.417 e. The Hall–Kier alpha value is -2.36. The van der Waals surface area contributed by atoms with Gasteiger partial charge in [0.15, 0.2) is 0 Å². The van der Waals surface area contributed by atoms with Gasteiger partial charge in [-0.1, -0.05) is 25.8 Å². The number of unbranched alkanes of at least 4 members (excludes halogenated alkanes) is 1. The zero-order chi connectivity index (χ0) is 21.1. The van der Waals surface area contributed by atoms with Crippen LogP contribution in [0.4, 0.5) is 0 Å². The quantitative estimate of drug-likeness (QED) is 0.474. The lowest BCUT2D eigenvalue weighted by Crippen LogP contribution is -2.41. The summed E-state index contributed by atoms with van der Waals surface area (Å²) in [6.45, 7) is 2.35. The van der Waals surface area contributed by atoms with Gasteiger partial charge in [0.05, 0.1) is 5.92 Å². The van der Waals surface area contributed by atoms with Gasteiger partial charge >= 0.3 is 0 Å². The topological polar surface area (TPSA) is 116 Å². The predicted octanol–water partition coefficient (Wildman–Crippen LogP) is 2.63. The van der Waals surface area contributed by atoms with Gasteiger partial charge in [-0.2, -0.15) is 5.06 Å². The third-order valence-electron chi connectivity index (χ3n) is 6.21. The number of hydrogen-bond donors (Lipinski definition) is 2. The highest BCUT2D eigenvalue weighted by Crippen LogP contribution is 2.58. The summed E-state index contributed by atoms with van der Waals surface area (Å²) in [6.07, 6.45) is 7.16. The third-order valence-corrected chi connectivity index (χ3v) is 6.21. The van der Waals surface area contributed by atoms with Gasteiger partial charge in [0.25, 0.3) is 5.89 Å². The normalized spacial score (nSPS) is 20.8. The molecule has 1 saturated heterocycles. The molecule has 30 heavy (non-hydrogen) atoms. The second kappa shape index (κ2) is 8.79. The maximum Gasteiger partial charge on any atom is 0.266 e. The Morgan fingerprint density at radius 2 is 2.23 bits per heavy atom. The lowest BCUT2D eigenvalue weighted by molar-refractivity contribution is -0.162. The largest absolute Gasteiger partial charge is 0.417 e. The number of nitrogens with zero attached hydrogens (tertiary/aromatic N) is 5. The van der Waals surface area contributed by atoms with Crippen LogP contribution in [-0.2, 0) is 4.79 Å². The number of aromatic nitrogens is 3. The molecule has 3 heterocycles. The van der Waals surface area contributed by atoms with Gasteiger partial charge in [-0.15, -0.1) is 10.2 Å². The van der Waals surface area contributed by atoms with Gasteiger partial charge in [-0.05, 0) is 43.2 Å². The van der Waals surface area contributed by atoms with E-state index in [1.807, 2.05) is 23.1 Å². The van der Waals surface area contributed by atoms with E-state index in [0.717, 1.165) is 37.2 Å². The molecule has 1 aliphatic heterocycles. The number of carbonyl (C=O) groups excluding carboxylic acids is 1. The Morgan fingerprint density at radius 3 is 2.90 bits per heavy atom. The fraction of sp³-hybridized carbons (Fsp3) is 0.619. The average molecular weight is 415 g/mol. The highest BCUT2D eigenvalue weighted by Gasteiger charge is 2.55. The predicted molar refractivity (Wildman–Crippen MR) is 107 cm³/mol. The molecule has 0 aromatic carbocycles. The fourth-order valence-electron chi connectivity index (χ4n) is 4.30. The van der Waals surface area contributed by atoms with Crippen molar-refractivity contribution in [2.75, 3.05) is 19.8 Å². The smallest absolute Gasteiger partial charge is 0.266 e. The van der Waals surface area contributed by atoms with Crippen molar-refractivity contribution in [2.45, 2.75) is 51.5 Å². The Labute approximate surface area is 175 Å². The number of aliphatic hydroxyl groups excluding tert-OH is 1. The lowest BCUT2D eigenvalue weighted by atomic mass is 9.99. The molecule has 0 bridgehead atoms. The van der Waals surface area contributed by atoms with Crippen molar-refractivity contribution >= 4 is 5.91 Å². The minimum atomic E-state index is -0.500. The van der Waals surface area contributed by atoms with Crippen LogP contribution in [0.3, 0.4) is 0 Å². The van der Waals surface area contributed by atoms with Crippen molar-refractivity contribution in [2.24, 2.45) is 11.3 Å². The van der Waals surface area contributed by atoms with E-state index in [1.54, 1.807) is 6.20 Å². The number of hydroxylamine groups is 2. The summed E-state index contributed by atoms with van der Waals surface area (Å²) in [6, 6.07) is 5.22. The van der Waals surface area contributed by atoms with E-state index >= 15 is 0 Å². The monoisotopic (exact) mass is 415 g/mol. The number of pyridine rings is 1. The van der Waals surface area contributed by atoms with Crippen LogP contribution >= 0.6 is 0 Å². The van der Waals surface area contributed by atoms with Crippen molar-refractivity contribution in [3.63, 3.8) is 0 Å². The van der Waals surface area contributed by atoms with Gasteiger partial charge in [-0.3, -0.25) is 9.78 Å². The van der Waals surface area contributed by atoms with Crippen LogP contribution in [0.25, 0.3) is 11.6 Å². The highest BCUT2D eigenvalue weighted by atomic mass is 16.5. The summed E-state index contributed by atoms with van der Waals surface area (Å²) in [5, 5.41) is 28.2. The Kier molecular flexibility index (Phi) is 6.12. The standard InChI is InChI=1S/C21H29N5O4/c1-2-3-6-15(12-25(29)14-27)20(28)26-13-21(8-9-21)11-17(26)19-24-23-18(30-19)16-7-4-5-10-22-16/h4-5,7,10,15,17,27,29H,2-3,6,8-9,11-14H2,1H3/t15-,17+/m1/s1. The molecule has 1 spiro atoms. The molecule has 2 fully saturated rings. The van der Waals surface area contributed by atoms with E-state index in [2.05, 4.69) is 22.1 Å². The summed E-state index contributed by atoms with van der Waals surface area (Å²) in [7, 11) is 0. The summed E-state index contributed by atoms with van der Waals surface area (Å²) in [5.74, 6) is 0.364. The van der Waals surface area contributed by atoms with E-state index in [4.69, 9.17) is 4.42 Å². The molecule has 2 aromatic rings. The molecule has 1 amide bonds. The maximum atomic E-state index is 13.5. The molecule has 0 unspecified atom stereocenters. The van der Waals surface area contributed by atoms with Crippen molar-refractivity contribution in [1.82, 2.24) is 25.1 Å². The molecule has 1 aliphatic carbocycles. The molecule has 9 nitrogen and oxygen atoms in total. The molecule has 162 valence electrons. The van der Waals surface area contributed by atoms with E-state index in [9.17, 15) is 15.1 Å². The summed E-state index contributed by atoms with van der Waals surface area (Å²) < 4.78 is 5.94. The molecule has 1 saturated carbocycles. The van der Waals surface area contributed by atoms with Gasteiger partial charge in [0.1, 0.15) is 18.5 Å². The van der Waals surface area contributed by atoms with Crippen molar-refractivity contribution in [1.29, 1.82) is 0 Å². The molecule has 2 aromatic heterocycles. The van der Waals surface area contributed by atoms with Crippen LogP contribution in [0.2, 0.25) is 0 Å². The second-order valence-corrected chi connectivity index (χ2v) is 8.52. The maximum absolute atomic E-state index is 13.5. The third kappa shape index (κ3) is 4.38. The van der Waals surface area contributed by atoms with Gasteiger partial charge < -0.3 is 19.6 Å². The molecule has 9 heteroatoms. The first-order valence-corrected chi connectivity index (χ1v) is 10.7. The lowest BCUT2D eigenvalue weighted by Gasteiger charge is -2.28. The SMILES string of the molecule is CCCC[C@H](CN(O)CO)C(=O)N1CC2(CC2)C[C@H]1c1nnc(-c2ccccn2)o1. The number of likely N-dealkylation sites (tertiary alicyclic amines) is 1. The molecule has 0 radical (unpaired) electrons. The summed E-state index contributed by atoms with van der Waals surface area (Å²) in [5.41, 5.74) is 0.749. The first kappa shape index (κ1) is 20.9.